The van der Waals surface area contributed by atoms with Crippen LogP contribution in [-0.4, -0.2) is 11.3 Å². The van der Waals surface area contributed by atoms with E-state index in [1.54, 1.807) is 0 Å². The van der Waals surface area contributed by atoms with Gasteiger partial charge >= 0.3 is 0 Å². The van der Waals surface area contributed by atoms with Gasteiger partial charge in [0.25, 0.3) is 0 Å². The summed E-state index contributed by atoms with van der Waals surface area (Å²) in [6, 6.07) is 0. The predicted molar refractivity (Wildman–Crippen MR) is 89.0 cm³/mol. The topological polar surface area (TPSA) is 43.1 Å². The Hall–Kier alpha value is -0.370. The van der Waals surface area contributed by atoms with Gasteiger partial charge in [-0.05, 0) is 26.7 Å². The summed E-state index contributed by atoms with van der Waals surface area (Å²) in [5.74, 6) is 0.392. The molecule has 2 N–H and O–H groups in total. The molecule has 0 aliphatic carbocycles. The van der Waals surface area contributed by atoms with Crippen molar-refractivity contribution >= 4 is 5.78 Å². The van der Waals surface area contributed by atoms with Crippen molar-refractivity contribution in [1.82, 2.24) is 0 Å². The minimum atomic E-state index is -0.201. The minimum Gasteiger partial charge on any atom is -0.326 e. The van der Waals surface area contributed by atoms with Crippen LogP contribution in [0.4, 0.5) is 0 Å². The minimum absolute atomic E-state index is 0.201. The number of carbonyl (C=O) groups excluding carboxylic acids is 1. The molecule has 2 heteroatoms. The van der Waals surface area contributed by atoms with Gasteiger partial charge in [-0.15, -0.1) is 0 Å². The Balaban J connectivity index is 3.21. The highest BCUT2D eigenvalue weighted by Crippen LogP contribution is 2.13. The van der Waals surface area contributed by atoms with Crippen molar-refractivity contribution in [1.29, 1.82) is 0 Å². The third-order valence-electron chi connectivity index (χ3n) is 3.86. The first-order valence-corrected chi connectivity index (χ1v) is 8.76. The second-order valence-electron chi connectivity index (χ2n) is 6.96. The van der Waals surface area contributed by atoms with Gasteiger partial charge in [-0.3, -0.25) is 4.79 Å². The molecule has 0 saturated heterocycles. The van der Waals surface area contributed by atoms with E-state index in [0.29, 0.717) is 12.2 Å². The number of carbonyl (C=O) groups is 1. The average molecular weight is 283 g/mol. The smallest absolute Gasteiger partial charge is 0.132 e. The monoisotopic (exact) mass is 283 g/mol. The van der Waals surface area contributed by atoms with Crippen molar-refractivity contribution in [2.45, 2.75) is 110 Å². The molecule has 2 nitrogen and oxygen atoms in total. The zero-order chi connectivity index (χ0) is 15.3. The van der Waals surface area contributed by atoms with Crippen molar-refractivity contribution in [3.8, 4) is 0 Å². The second-order valence-corrected chi connectivity index (χ2v) is 6.96. The quantitative estimate of drug-likeness (QED) is 0.435. The van der Waals surface area contributed by atoms with Crippen LogP contribution >= 0.6 is 0 Å². The van der Waals surface area contributed by atoms with E-state index in [1.807, 2.05) is 13.8 Å². The molecule has 0 aromatic rings. The number of hydrogen-bond donors (Lipinski definition) is 1. The van der Waals surface area contributed by atoms with Crippen molar-refractivity contribution in [2.75, 3.05) is 0 Å². The molecule has 0 heterocycles. The molecule has 0 bridgehead atoms. The SMILES string of the molecule is CCCCCCCCCCCCC(=O)CCC(C)(C)N. The highest BCUT2D eigenvalue weighted by Gasteiger charge is 2.12. The Morgan fingerprint density at radius 2 is 1.25 bits per heavy atom. The lowest BCUT2D eigenvalue weighted by atomic mass is 9.96. The Morgan fingerprint density at radius 3 is 1.70 bits per heavy atom. The highest BCUT2D eigenvalue weighted by molar-refractivity contribution is 5.78. The molecule has 0 aliphatic heterocycles. The first-order chi connectivity index (χ1) is 9.45. The van der Waals surface area contributed by atoms with Crippen molar-refractivity contribution in [3.05, 3.63) is 0 Å². The molecule has 0 radical (unpaired) electrons. The van der Waals surface area contributed by atoms with E-state index >= 15 is 0 Å². The van der Waals surface area contributed by atoms with Gasteiger partial charge in [0.05, 0.1) is 0 Å². The molecular weight excluding hydrogens is 246 g/mol. The molecule has 0 saturated carbocycles. The third-order valence-corrected chi connectivity index (χ3v) is 3.86. The van der Waals surface area contributed by atoms with Crippen molar-refractivity contribution < 1.29 is 4.79 Å². The molecule has 0 atom stereocenters. The van der Waals surface area contributed by atoms with Crippen LogP contribution in [-0.2, 0) is 4.79 Å². The van der Waals surface area contributed by atoms with E-state index in [9.17, 15) is 4.79 Å². The maximum absolute atomic E-state index is 11.7. The van der Waals surface area contributed by atoms with Gasteiger partial charge in [-0.2, -0.15) is 0 Å². The maximum atomic E-state index is 11.7. The summed E-state index contributed by atoms with van der Waals surface area (Å²) in [7, 11) is 0. The van der Waals surface area contributed by atoms with Crippen LogP contribution in [0, 0.1) is 0 Å². The summed E-state index contributed by atoms with van der Waals surface area (Å²) < 4.78 is 0. The predicted octanol–water partition coefficient (Wildman–Crippen LogP) is 5.38. The number of unbranched alkanes of at least 4 members (excludes halogenated alkanes) is 9. The van der Waals surface area contributed by atoms with E-state index in [0.717, 1.165) is 19.3 Å². The maximum Gasteiger partial charge on any atom is 0.132 e. The van der Waals surface area contributed by atoms with Crippen LogP contribution in [0.2, 0.25) is 0 Å². The molecule has 0 rings (SSSR count). The van der Waals surface area contributed by atoms with Gasteiger partial charge in [0.2, 0.25) is 0 Å². The number of hydrogen-bond acceptors (Lipinski definition) is 2. The summed E-state index contributed by atoms with van der Waals surface area (Å²) in [4.78, 5) is 11.7. The molecule has 20 heavy (non-hydrogen) atoms. The lowest BCUT2D eigenvalue weighted by Gasteiger charge is -2.17. The van der Waals surface area contributed by atoms with Crippen LogP contribution in [0.15, 0.2) is 0 Å². The number of rotatable bonds is 14. The lowest BCUT2D eigenvalue weighted by Crippen LogP contribution is -2.32. The fourth-order valence-corrected chi connectivity index (χ4v) is 2.40. The summed E-state index contributed by atoms with van der Waals surface area (Å²) in [6.07, 6.45) is 15.4. The van der Waals surface area contributed by atoms with E-state index < -0.39 is 0 Å². The average Bonchev–Trinajstić information content (AvgIpc) is 2.38. The van der Waals surface area contributed by atoms with Gasteiger partial charge in [-0.25, -0.2) is 0 Å². The number of Topliss-reactive ketones (excluding diaryl/α,β-unsaturated/α-hetero) is 1. The van der Waals surface area contributed by atoms with Gasteiger partial charge in [0.1, 0.15) is 5.78 Å². The molecule has 0 amide bonds. The van der Waals surface area contributed by atoms with Gasteiger partial charge in [0, 0.05) is 18.4 Å². The van der Waals surface area contributed by atoms with Crippen LogP contribution in [0.5, 0.6) is 0 Å². The van der Waals surface area contributed by atoms with E-state index in [2.05, 4.69) is 6.92 Å². The standard InChI is InChI=1S/C18H37NO/c1-4-5-6-7-8-9-10-11-12-13-14-17(20)15-16-18(2,3)19/h4-16,19H2,1-3H3. The Bertz CT molecular complexity index is 230. The van der Waals surface area contributed by atoms with Crippen LogP contribution in [0.3, 0.4) is 0 Å². The Kier molecular flexibility index (Phi) is 12.1. The molecule has 0 unspecified atom stereocenters. The van der Waals surface area contributed by atoms with Crippen LogP contribution in [0.25, 0.3) is 0 Å². The first kappa shape index (κ1) is 19.6. The summed E-state index contributed by atoms with van der Waals surface area (Å²) >= 11 is 0. The largest absolute Gasteiger partial charge is 0.326 e. The zero-order valence-electron chi connectivity index (χ0n) is 14.2. The summed E-state index contributed by atoms with van der Waals surface area (Å²) in [5.41, 5.74) is 5.68. The number of ketones is 1. The third kappa shape index (κ3) is 15.7. The van der Waals surface area contributed by atoms with Crippen LogP contribution in [0.1, 0.15) is 104 Å². The normalized spacial score (nSPS) is 11.8. The summed E-state index contributed by atoms with van der Waals surface area (Å²) in [6.45, 7) is 6.23. The number of nitrogens with two attached hydrogens (primary N) is 1. The first-order valence-electron chi connectivity index (χ1n) is 8.76. The Morgan fingerprint density at radius 1 is 0.800 bits per heavy atom. The zero-order valence-corrected chi connectivity index (χ0v) is 14.2. The van der Waals surface area contributed by atoms with Gasteiger partial charge < -0.3 is 5.73 Å². The molecule has 0 aromatic carbocycles. The summed E-state index contributed by atoms with van der Waals surface area (Å²) in [5, 5.41) is 0. The van der Waals surface area contributed by atoms with Crippen LogP contribution < -0.4 is 5.73 Å². The van der Waals surface area contributed by atoms with Crippen molar-refractivity contribution in [2.24, 2.45) is 5.73 Å². The Labute approximate surface area is 126 Å². The molecule has 0 fully saturated rings. The highest BCUT2D eigenvalue weighted by atomic mass is 16.1. The fourth-order valence-electron chi connectivity index (χ4n) is 2.40. The fraction of sp³-hybridized carbons (Fsp3) is 0.944. The van der Waals surface area contributed by atoms with Gasteiger partial charge in [-0.1, -0.05) is 64.7 Å². The molecular formula is C18H37NO. The van der Waals surface area contributed by atoms with E-state index in [4.69, 9.17) is 5.73 Å². The van der Waals surface area contributed by atoms with E-state index in [-0.39, 0.29) is 5.54 Å². The van der Waals surface area contributed by atoms with Crippen molar-refractivity contribution in [3.63, 3.8) is 0 Å². The second kappa shape index (κ2) is 12.4. The van der Waals surface area contributed by atoms with Gasteiger partial charge in [0.15, 0.2) is 0 Å². The molecule has 0 aliphatic rings. The molecule has 0 spiro atoms. The molecule has 120 valence electrons. The van der Waals surface area contributed by atoms with E-state index in [1.165, 1.54) is 57.8 Å². The molecule has 0 aromatic heterocycles. The lowest BCUT2D eigenvalue weighted by molar-refractivity contribution is -0.119.